The van der Waals surface area contributed by atoms with Crippen LogP contribution in [0.3, 0.4) is 0 Å². The Bertz CT molecular complexity index is 1200. The van der Waals surface area contributed by atoms with Crippen molar-refractivity contribution in [3.05, 3.63) is 87.0 Å². The Labute approximate surface area is 159 Å². The normalized spacial score (nSPS) is 10.5. The van der Waals surface area contributed by atoms with Gasteiger partial charge in [0.05, 0.1) is 21.1 Å². The second-order valence-electron chi connectivity index (χ2n) is 5.77. The van der Waals surface area contributed by atoms with Crippen LogP contribution in [0.4, 0.5) is 11.4 Å². The maximum Gasteiger partial charge on any atom is 0.271 e. The summed E-state index contributed by atoms with van der Waals surface area (Å²) in [5.74, 6) is 0. The van der Waals surface area contributed by atoms with E-state index in [1.807, 2.05) is 30.3 Å². The first-order valence-electron chi connectivity index (χ1n) is 7.76. The van der Waals surface area contributed by atoms with Crippen molar-refractivity contribution in [2.24, 2.45) is 0 Å². The summed E-state index contributed by atoms with van der Waals surface area (Å²) in [6, 6.07) is 18.3. The van der Waals surface area contributed by atoms with Crippen molar-refractivity contribution in [3.63, 3.8) is 0 Å². The first kappa shape index (κ1) is 18.2. The number of halogens is 1. The van der Waals surface area contributed by atoms with Gasteiger partial charge in [0.25, 0.3) is 11.4 Å². The van der Waals surface area contributed by atoms with E-state index in [4.69, 9.17) is 0 Å². The molecule has 0 bridgehead atoms. The molecule has 0 saturated heterocycles. The summed E-state index contributed by atoms with van der Waals surface area (Å²) in [6.45, 7) is 0. The van der Waals surface area contributed by atoms with Crippen molar-refractivity contribution in [1.82, 2.24) is 4.98 Å². The third-order valence-electron chi connectivity index (χ3n) is 4.23. The summed E-state index contributed by atoms with van der Waals surface area (Å²) in [6.07, 6.45) is 0. The van der Waals surface area contributed by atoms with Crippen LogP contribution in [0.2, 0.25) is 0 Å². The molecule has 0 aliphatic heterocycles. The number of hydrogen-bond donors (Lipinski definition) is 0. The van der Waals surface area contributed by atoms with E-state index in [0.717, 1.165) is 10.9 Å². The highest BCUT2D eigenvalue weighted by Crippen LogP contribution is 2.35. The van der Waals surface area contributed by atoms with E-state index < -0.39 is 9.85 Å². The fourth-order valence-electron chi connectivity index (χ4n) is 3.03. The number of nitrogens with zero attached hydrogens (tertiary/aromatic N) is 3. The van der Waals surface area contributed by atoms with Gasteiger partial charge >= 0.3 is 0 Å². The number of non-ortho nitro benzene ring substituents is 2. The van der Waals surface area contributed by atoms with Crippen LogP contribution in [-0.4, -0.2) is 14.8 Å². The molecule has 8 heteroatoms. The number of pyridine rings is 1. The molecule has 0 saturated carbocycles. The number of nitro benzene ring substituents is 2. The lowest BCUT2D eigenvalue weighted by atomic mass is 9.99. The van der Waals surface area contributed by atoms with Gasteiger partial charge in [-0.15, -0.1) is 12.4 Å². The van der Waals surface area contributed by atoms with E-state index in [1.165, 1.54) is 24.3 Å². The number of nitro groups is 2. The van der Waals surface area contributed by atoms with Crippen LogP contribution >= 0.6 is 12.4 Å². The minimum absolute atomic E-state index is 0. The molecule has 0 aliphatic carbocycles. The Hall–Kier alpha value is -3.58. The van der Waals surface area contributed by atoms with Crippen molar-refractivity contribution in [3.8, 4) is 11.3 Å². The molecule has 0 radical (unpaired) electrons. The average Bonchev–Trinajstić information content (AvgIpc) is 2.67. The molecule has 3 aromatic carbocycles. The first-order valence-corrected chi connectivity index (χ1v) is 7.76. The van der Waals surface area contributed by atoms with Crippen LogP contribution in [-0.2, 0) is 0 Å². The van der Waals surface area contributed by atoms with Crippen molar-refractivity contribution in [1.29, 1.82) is 0 Å². The Morgan fingerprint density at radius 1 is 0.704 bits per heavy atom. The fourth-order valence-corrected chi connectivity index (χ4v) is 3.03. The smallest absolute Gasteiger partial charge is 0.258 e. The lowest BCUT2D eigenvalue weighted by Gasteiger charge is -2.10. The van der Waals surface area contributed by atoms with Gasteiger partial charge in [0.1, 0.15) is 0 Å². The maximum absolute atomic E-state index is 11.2. The van der Waals surface area contributed by atoms with Crippen molar-refractivity contribution in [2.45, 2.75) is 0 Å². The molecule has 1 aromatic heterocycles. The molecule has 27 heavy (non-hydrogen) atoms. The van der Waals surface area contributed by atoms with Gasteiger partial charge in [0.15, 0.2) is 0 Å². The third kappa shape index (κ3) is 3.16. The van der Waals surface area contributed by atoms with Gasteiger partial charge in [-0.3, -0.25) is 20.2 Å². The largest absolute Gasteiger partial charge is 0.271 e. The topological polar surface area (TPSA) is 99.2 Å². The second kappa shape index (κ2) is 6.97. The van der Waals surface area contributed by atoms with Crippen LogP contribution in [0.25, 0.3) is 32.9 Å². The molecule has 134 valence electrons. The van der Waals surface area contributed by atoms with Gasteiger partial charge in [-0.25, -0.2) is 4.98 Å². The minimum atomic E-state index is -0.469. The van der Waals surface area contributed by atoms with E-state index in [9.17, 15) is 20.2 Å². The van der Waals surface area contributed by atoms with Crippen molar-refractivity contribution >= 4 is 45.5 Å². The number of rotatable bonds is 3. The van der Waals surface area contributed by atoms with Crippen LogP contribution in [0, 0.1) is 20.2 Å². The molecule has 0 fully saturated rings. The Balaban J connectivity index is 0.00000210. The predicted octanol–water partition coefficient (Wildman–Crippen LogP) is 5.29. The molecule has 0 aliphatic rings. The van der Waals surface area contributed by atoms with E-state index in [0.29, 0.717) is 22.0 Å². The summed E-state index contributed by atoms with van der Waals surface area (Å²) in [5.41, 5.74) is 1.73. The lowest BCUT2D eigenvalue weighted by Crippen LogP contribution is -1.94. The zero-order valence-electron chi connectivity index (χ0n) is 13.7. The van der Waals surface area contributed by atoms with Crippen LogP contribution < -0.4 is 0 Å². The zero-order chi connectivity index (χ0) is 18.3. The predicted molar refractivity (Wildman–Crippen MR) is 105 cm³/mol. The average molecular weight is 382 g/mol. The van der Waals surface area contributed by atoms with E-state index in [2.05, 4.69) is 4.98 Å². The van der Waals surface area contributed by atoms with Gasteiger partial charge in [-0.1, -0.05) is 30.3 Å². The molecule has 0 spiro atoms. The number of benzene rings is 3. The molecule has 0 amide bonds. The summed E-state index contributed by atoms with van der Waals surface area (Å²) in [5, 5.41) is 24.4. The number of hydrogen-bond acceptors (Lipinski definition) is 5. The van der Waals surface area contributed by atoms with Crippen LogP contribution in [0.15, 0.2) is 66.7 Å². The highest BCUT2D eigenvalue weighted by atomic mass is 35.5. The zero-order valence-corrected chi connectivity index (χ0v) is 14.6. The summed E-state index contributed by atoms with van der Waals surface area (Å²) in [4.78, 5) is 25.9. The van der Waals surface area contributed by atoms with Crippen molar-refractivity contribution in [2.75, 3.05) is 0 Å². The van der Waals surface area contributed by atoms with Gasteiger partial charge < -0.3 is 0 Å². The van der Waals surface area contributed by atoms with Gasteiger partial charge in [0.2, 0.25) is 0 Å². The highest BCUT2D eigenvalue weighted by molar-refractivity contribution is 6.11. The summed E-state index contributed by atoms with van der Waals surface area (Å²) < 4.78 is 0. The number of aromatic nitrogens is 1. The van der Waals surface area contributed by atoms with E-state index in [1.54, 1.807) is 12.1 Å². The molecule has 4 aromatic rings. The van der Waals surface area contributed by atoms with Gasteiger partial charge in [-0.2, -0.15) is 0 Å². The molecule has 1 heterocycles. The second-order valence-corrected chi connectivity index (χ2v) is 5.77. The summed E-state index contributed by atoms with van der Waals surface area (Å²) >= 11 is 0. The Morgan fingerprint density at radius 3 is 1.93 bits per heavy atom. The molecular weight excluding hydrogens is 370 g/mol. The molecule has 7 nitrogen and oxygen atoms in total. The van der Waals surface area contributed by atoms with Gasteiger partial charge in [0, 0.05) is 40.6 Å². The van der Waals surface area contributed by atoms with E-state index >= 15 is 0 Å². The Kier molecular flexibility index (Phi) is 4.70. The minimum Gasteiger partial charge on any atom is -0.258 e. The van der Waals surface area contributed by atoms with Crippen molar-refractivity contribution < 1.29 is 9.85 Å². The van der Waals surface area contributed by atoms with Crippen LogP contribution in [0.5, 0.6) is 0 Å². The maximum atomic E-state index is 11.2. The Morgan fingerprint density at radius 2 is 1.30 bits per heavy atom. The molecular formula is C19H12ClN3O4. The van der Waals surface area contributed by atoms with E-state index in [-0.39, 0.29) is 23.8 Å². The SMILES string of the molecule is Cl.O=[N+]([O-])c1ccc2c(c1)nc(-c1ccccc1)c1cc([N+](=O)[O-])ccc12. The van der Waals surface area contributed by atoms with Crippen LogP contribution in [0.1, 0.15) is 0 Å². The number of fused-ring (bicyclic) bond motifs is 3. The fraction of sp³-hybridized carbons (Fsp3) is 0. The monoisotopic (exact) mass is 381 g/mol. The van der Waals surface area contributed by atoms with Gasteiger partial charge in [-0.05, 0) is 17.5 Å². The standard InChI is InChI=1S/C19H11N3O4.ClH/c23-21(24)13-6-8-15-16-9-7-14(22(25)26)11-18(16)20-19(17(15)10-13)12-4-2-1-3-5-12;/h1-11H;1H. The first-order chi connectivity index (χ1) is 12.5. The molecule has 0 N–H and O–H groups in total. The summed E-state index contributed by atoms with van der Waals surface area (Å²) in [7, 11) is 0. The molecule has 0 unspecified atom stereocenters. The third-order valence-corrected chi connectivity index (χ3v) is 4.23. The quantitative estimate of drug-likeness (QED) is 0.272. The highest BCUT2D eigenvalue weighted by Gasteiger charge is 2.16. The lowest BCUT2D eigenvalue weighted by molar-refractivity contribution is -0.384. The molecule has 4 rings (SSSR count). The molecule has 0 atom stereocenters.